The molecule has 1 heterocycles. The fourth-order valence-electron chi connectivity index (χ4n) is 3.27. The molecule has 2 aliphatic rings. The van der Waals surface area contributed by atoms with E-state index in [0.717, 1.165) is 32.3 Å². The fraction of sp³-hybridized carbons (Fsp3) is 0.875. The SMILES string of the molecule is COC(=O)CCN(CC1CCCO1)C(=O)CC1CCCC1. The second kappa shape index (κ2) is 8.37. The van der Waals surface area contributed by atoms with Gasteiger partial charge in [-0.15, -0.1) is 0 Å². The maximum Gasteiger partial charge on any atom is 0.307 e. The van der Waals surface area contributed by atoms with Crippen molar-refractivity contribution >= 4 is 11.9 Å². The largest absolute Gasteiger partial charge is 0.469 e. The van der Waals surface area contributed by atoms with Gasteiger partial charge in [0.2, 0.25) is 5.91 Å². The van der Waals surface area contributed by atoms with Gasteiger partial charge in [0.05, 0.1) is 19.6 Å². The van der Waals surface area contributed by atoms with Crippen molar-refractivity contribution in [3.05, 3.63) is 0 Å². The Morgan fingerprint density at radius 1 is 1.19 bits per heavy atom. The van der Waals surface area contributed by atoms with E-state index in [1.165, 1.54) is 20.0 Å². The number of carbonyl (C=O) groups is 2. The summed E-state index contributed by atoms with van der Waals surface area (Å²) in [4.78, 5) is 25.6. The van der Waals surface area contributed by atoms with Gasteiger partial charge in [-0.3, -0.25) is 9.59 Å². The summed E-state index contributed by atoms with van der Waals surface area (Å²) in [5.41, 5.74) is 0. The Morgan fingerprint density at radius 3 is 2.57 bits per heavy atom. The fourth-order valence-corrected chi connectivity index (χ4v) is 3.27. The Balaban J connectivity index is 1.85. The molecule has 1 atom stereocenters. The molecule has 0 aromatic rings. The van der Waals surface area contributed by atoms with Gasteiger partial charge in [0.1, 0.15) is 0 Å². The standard InChI is InChI=1S/C16H27NO4/c1-20-16(19)8-9-17(12-14-7-4-10-21-14)15(18)11-13-5-2-3-6-13/h13-14H,2-12H2,1H3. The number of nitrogens with zero attached hydrogens (tertiary/aromatic N) is 1. The zero-order valence-electron chi connectivity index (χ0n) is 13.0. The number of ether oxygens (including phenoxy) is 2. The van der Waals surface area contributed by atoms with Crippen molar-refractivity contribution in [2.75, 3.05) is 26.8 Å². The minimum absolute atomic E-state index is 0.134. The lowest BCUT2D eigenvalue weighted by molar-refractivity contribution is -0.142. The van der Waals surface area contributed by atoms with Crippen LogP contribution in [0.2, 0.25) is 0 Å². The summed E-state index contributed by atoms with van der Waals surface area (Å²) in [7, 11) is 1.38. The van der Waals surface area contributed by atoms with Crippen LogP contribution in [0, 0.1) is 5.92 Å². The topological polar surface area (TPSA) is 55.8 Å². The van der Waals surface area contributed by atoms with E-state index in [0.29, 0.717) is 25.4 Å². The van der Waals surface area contributed by atoms with E-state index < -0.39 is 0 Å². The highest BCUT2D eigenvalue weighted by Gasteiger charge is 2.26. The second-order valence-corrected chi connectivity index (χ2v) is 6.16. The molecule has 21 heavy (non-hydrogen) atoms. The van der Waals surface area contributed by atoms with Crippen LogP contribution in [-0.4, -0.2) is 49.7 Å². The van der Waals surface area contributed by atoms with Gasteiger partial charge in [0.25, 0.3) is 0 Å². The summed E-state index contributed by atoms with van der Waals surface area (Å²) >= 11 is 0. The van der Waals surface area contributed by atoms with E-state index >= 15 is 0 Å². The molecule has 1 aliphatic heterocycles. The van der Waals surface area contributed by atoms with Crippen LogP contribution in [0.3, 0.4) is 0 Å². The summed E-state index contributed by atoms with van der Waals surface area (Å²) in [5, 5.41) is 0. The predicted octanol–water partition coefficient (Wildman–Crippen LogP) is 2.14. The molecule has 120 valence electrons. The molecular weight excluding hydrogens is 270 g/mol. The molecule has 5 nitrogen and oxygen atoms in total. The van der Waals surface area contributed by atoms with Crippen molar-refractivity contribution in [1.29, 1.82) is 0 Å². The van der Waals surface area contributed by atoms with Gasteiger partial charge < -0.3 is 14.4 Å². The molecule has 0 aromatic carbocycles. The first-order chi connectivity index (χ1) is 10.2. The molecule has 1 unspecified atom stereocenters. The first-order valence-electron chi connectivity index (χ1n) is 8.15. The third-order valence-corrected chi connectivity index (χ3v) is 4.55. The Kier molecular flexibility index (Phi) is 6.49. The monoisotopic (exact) mass is 297 g/mol. The average molecular weight is 297 g/mol. The second-order valence-electron chi connectivity index (χ2n) is 6.16. The molecule has 1 amide bonds. The smallest absolute Gasteiger partial charge is 0.307 e. The third kappa shape index (κ3) is 5.30. The molecular formula is C16H27NO4. The van der Waals surface area contributed by atoms with E-state index in [4.69, 9.17) is 4.74 Å². The summed E-state index contributed by atoms with van der Waals surface area (Å²) in [6, 6.07) is 0. The lowest BCUT2D eigenvalue weighted by Gasteiger charge is -2.26. The number of amides is 1. The summed E-state index contributed by atoms with van der Waals surface area (Å²) in [6.45, 7) is 1.84. The van der Waals surface area contributed by atoms with Gasteiger partial charge in [0.15, 0.2) is 0 Å². The van der Waals surface area contributed by atoms with E-state index in [2.05, 4.69) is 4.74 Å². The first-order valence-corrected chi connectivity index (χ1v) is 8.15. The van der Waals surface area contributed by atoms with Gasteiger partial charge in [-0.05, 0) is 31.6 Å². The van der Waals surface area contributed by atoms with Gasteiger partial charge in [-0.1, -0.05) is 12.8 Å². The molecule has 1 saturated carbocycles. The Hall–Kier alpha value is -1.10. The minimum atomic E-state index is -0.263. The van der Waals surface area contributed by atoms with Crippen molar-refractivity contribution in [3.8, 4) is 0 Å². The summed E-state index contributed by atoms with van der Waals surface area (Å²) in [6.07, 6.45) is 7.89. The number of carbonyl (C=O) groups excluding carboxylic acids is 2. The van der Waals surface area contributed by atoms with Gasteiger partial charge in [-0.2, -0.15) is 0 Å². The third-order valence-electron chi connectivity index (χ3n) is 4.55. The van der Waals surface area contributed by atoms with E-state index in [1.807, 2.05) is 4.90 Å². The molecule has 1 aliphatic carbocycles. The van der Waals surface area contributed by atoms with Crippen LogP contribution >= 0.6 is 0 Å². The van der Waals surface area contributed by atoms with Crippen LogP contribution in [0.15, 0.2) is 0 Å². The van der Waals surface area contributed by atoms with Crippen molar-refractivity contribution in [3.63, 3.8) is 0 Å². The molecule has 0 radical (unpaired) electrons. The van der Waals surface area contributed by atoms with Gasteiger partial charge >= 0.3 is 5.97 Å². The van der Waals surface area contributed by atoms with Crippen LogP contribution in [0.5, 0.6) is 0 Å². The van der Waals surface area contributed by atoms with Crippen LogP contribution in [0.25, 0.3) is 0 Å². The Labute approximate surface area is 127 Å². The maximum atomic E-state index is 12.5. The molecule has 0 spiro atoms. The highest BCUT2D eigenvalue weighted by atomic mass is 16.5. The lowest BCUT2D eigenvalue weighted by Crippen LogP contribution is -2.39. The quantitative estimate of drug-likeness (QED) is 0.676. The number of esters is 1. The summed E-state index contributed by atoms with van der Waals surface area (Å²) < 4.78 is 10.3. The molecule has 0 N–H and O–H groups in total. The predicted molar refractivity (Wildman–Crippen MR) is 78.8 cm³/mol. The molecule has 0 bridgehead atoms. The lowest BCUT2D eigenvalue weighted by atomic mass is 10.0. The van der Waals surface area contributed by atoms with E-state index in [-0.39, 0.29) is 24.4 Å². The number of hydrogen-bond donors (Lipinski definition) is 0. The highest BCUT2D eigenvalue weighted by molar-refractivity contribution is 5.77. The van der Waals surface area contributed by atoms with Crippen LogP contribution in [0.4, 0.5) is 0 Å². The number of rotatable bonds is 7. The molecule has 1 saturated heterocycles. The van der Waals surface area contributed by atoms with Crippen LogP contribution in [0.1, 0.15) is 51.4 Å². The number of methoxy groups -OCH3 is 1. The zero-order valence-corrected chi connectivity index (χ0v) is 13.0. The number of hydrogen-bond acceptors (Lipinski definition) is 4. The van der Waals surface area contributed by atoms with Crippen molar-refractivity contribution in [2.24, 2.45) is 5.92 Å². The minimum Gasteiger partial charge on any atom is -0.469 e. The van der Waals surface area contributed by atoms with Crippen molar-refractivity contribution < 1.29 is 19.1 Å². The Bertz CT molecular complexity index is 346. The van der Waals surface area contributed by atoms with E-state index in [9.17, 15) is 9.59 Å². The van der Waals surface area contributed by atoms with Crippen LogP contribution < -0.4 is 0 Å². The van der Waals surface area contributed by atoms with E-state index in [1.54, 1.807) is 0 Å². The Morgan fingerprint density at radius 2 is 1.95 bits per heavy atom. The maximum absolute atomic E-state index is 12.5. The molecule has 2 fully saturated rings. The van der Waals surface area contributed by atoms with Gasteiger partial charge in [-0.25, -0.2) is 0 Å². The first kappa shape index (κ1) is 16.3. The zero-order chi connectivity index (χ0) is 15.1. The van der Waals surface area contributed by atoms with Gasteiger partial charge in [0, 0.05) is 26.1 Å². The molecule has 5 heteroatoms. The summed E-state index contributed by atoms with van der Waals surface area (Å²) in [5.74, 6) is 0.435. The average Bonchev–Trinajstić information content (AvgIpc) is 3.16. The van der Waals surface area contributed by atoms with Crippen molar-refractivity contribution in [2.45, 2.75) is 57.5 Å². The molecule has 0 aromatic heterocycles. The highest BCUT2D eigenvalue weighted by Crippen LogP contribution is 2.28. The normalized spacial score (nSPS) is 22.4. The van der Waals surface area contributed by atoms with Crippen LogP contribution in [-0.2, 0) is 19.1 Å². The molecule has 2 rings (SSSR count). The van der Waals surface area contributed by atoms with Crippen molar-refractivity contribution in [1.82, 2.24) is 4.90 Å².